The first-order valence-electron chi connectivity index (χ1n) is 9.76. The summed E-state index contributed by atoms with van der Waals surface area (Å²) in [6.45, 7) is 8.89. The molecule has 0 fully saturated rings. The summed E-state index contributed by atoms with van der Waals surface area (Å²) in [4.78, 5) is 18.0. The van der Waals surface area contributed by atoms with Crippen molar-refractivity contribution in [3.63, 3.8) is 0 Å². The lowest BCUT2D eigenvalue weighted by Crippen LogP contribution is -2.28. The first-order chi connectivity index (χ1) is 13.4. The van der Waals surface area contributed by atoms with Crippen LogP contribution in [0.15, 0.2) is 5.16 Å². The number of H-pyrrole nitrogens is 1. The Labute approximate surface area is 174 Å². The number of fused-ring (bicyclic) bond motifs is 1. The van der Waals surface area contributed by atoms with Gasteiger partial charge in [-0.05, 0) is 36.2 Å². The van der Waals surface area contributed by atoms with Crippen molar-refractivity contribution in [3.8, 4) is 6.07 Å². The fourth-order valence-electron chi connectivity index (χ4n) is 3.54. The molecular formula is C20H27N5OS2. The molecule has 28 heavy (non-hydrogen) atoms. The molecule has 2 aromatic rings. The van der Waals surface area contributed by atoms with E-state index in [1.54, 1.807) is 11.3 Å². The van der Waals surface area contributed by atoms with Gasteiger partial charge in [-0.15, -0.1) is 16.4 Å². The number of aromatic amines is 1. The monoisotopic (exact) mass is 417 g/mol. The highest BCUT2D eigenvalue weighted by atomic mass is 32.2. The van der Waals surface area contributed by atoms with Crippen molar-refractivity contribution in [2.45, 2.75) is 65.0 Å². The van der Waals surface area contributed by atoms with Gasteiger partial charge in [-0.1, -0.05) is 45.9 Å². The molecule has 2 heterocycles. The van der Waals surface area contributed by atoms with Crippen molar-refractivity contribution >= 4 is 34.0 Å². The number of rotatable bonds is 7. The van der Waals surface area contributed by atoms with Crippen LogP contribution in [0.25, 0.3) is 0 Å². The van der Waals surface area contributed by atoms with Gasteiger partial charge in [0.25, 0.3) is 0 Å². The van der Waals surface area contributed by atoms with Crippen molar-refractivity contribution in [3.05, 3.63) is 21.8 Å². The number of aromatic nitrogens is 3. The molecule has 2 N–H and O–H groups in total. The molecule has 0 radical (unpaired) electrons. The smallest absolute Gasteiger partial charge is 0.235 e. The minimum atomic E-state index is -0.131. The first-order valence-corrected chi connectivity index (χ1v) is 11.6. The van der Waals surface area contributed by atoms with Crippen molar-refractivity contribution < 1.29 is 4.79 Å². The average molecular weight is 418 g/mol. The van der Waals surface area contributed by atoms with Gasteiger partial charge in [0.2, 0.25) is 11.1 Å². The summed E-state index contributed by atoms with van der Waals surface area (Å²) in [5, 5.41) is 20.8. The standard InChI is InChI=1S/C20H27N5OS2/c1-5-16-22-19(25-24-16)27-11-17(26)23-18-14(10-21)13-8-7-12(9-15(13)28-18)20(3,4)6-2/h12H,5-9,11H2,1-4H3,(H,23,26)(H,22,24,25)/t12-/m1/s1. The number of aryl methyl sites for hydroxylation is 1. The summed E-state index contributed by atoms with van der Waals surface area (Å²) in [6, 6.07) is 2.32. The Bertz CT molecular complexity index is 893. The number of hydrogen-bond acceptors (Lipinski definition) is 6. The lowest BCUT2D eigenvalue weighted by molar-refractivity contribution is -0.113. The number of nitriles is 1. The average Bonchev–Trinajstić information content (AvgIpc) is 3.29. The molecule has 0 aromatic carbocycles. The molecule has 0 bridgehead atoms. The summed E-state index contributed by atoms with van der Waals surface area (Å²) in [6.07, 6.45) is 4.95. The summed E-state index contributed by atoms with van der Waals surface area (Å²) in [5.41, 5.74) is 2.08. The fourth-order valence-corrected chi connectivity index (χ4v) is 5.45. The SMILES string of the molecule is CCc1nc(SCC(=O)Nc2sc3c(c2C#N)CC[C@@H](C(C)(C)CC)C3)n[nH]1. The maximum absolute atomic E-state index is 12.4. The molecule has 3 rings (SSSR count). The lowest BCUT2D eigenvalue weighted by atomic mass is 9.69. The highest BCUT2D eigenvalue weighted by molar-refractivity contribution is 7.99. The zero-order chi connectivity index (χ0) is 20.3. The highest BCUT2D eigenvalue weighted by Gasteiger charge is 2.34. The lowest BCUT2D eigenvalue weighted by Gasteiger charge is -2.36. The molecule has 0 aliphatic heterocycles. The van der Waals surface area contributed by atoms with Gasteiger partial charge < -0.3 is 5.32 Å². The Morgan fingerprint density at radius 3 is 2.89 bits per heavy atom. The maximum Gasteiger partial charge on any atom is 0.235 e. The molecule has 1 aliphatic rings. The highest BCUT2D eigenvalue weighted by Crippen LogP contribution is 2.45. The molecule has 0 saturated carbocycles. The van der Waals surface area contributed by atoms with Gasteiger partial charge in [-0.25, -0.2) is 4.98 Å². The van der Waals surface area contributed by atoms with E-state index in [4.69, 9.17) is 0 Å². The number of amides is 1. The third kappa shape index (κ3) is 4.41. The molecule has 1 atom stereocenters. The zero-order valence-electron chi connectivity index (χ0n) is 16.9. The second-order valence-electron chi connectivity index (χ2n) is 7.86. The Hall–Kier alpha value is -1.85. The van der Waals surface area contributed by atoms with Gasteiger partial charge in [-0.3, -0.25) is 9.89 Å². The number of thiophene rings is 1. The van der Waals surface area contributed by atoms with E-state index in [9.17, 15) is 10.1 Å². The minimum Gasteiger partial charge on any atom is -0.316 e. The molecule has 0 saturated heterocycles. The van der Waals surface area contributed by atoms with E-state index in [1.807, 2.05) is 6.92 Å². The van der Waals surface area contributed by atoms with Crippen LogP contribution in [0.3, 0.4) is 0 Å². The predicted octanol–water partition coefficient (Wildman–Crippen LogP) is 4.57. The van der Waals surface area contributed by atoms with Crippen molar-refractivity contribution in [1.82, 2.24) is 15.2 Å². The number of carbonyl (C=O) groups excluding carboxylic acids is 1. The van der Waals surface area contributed by atoms with Crippen LogP contribution >= 0.6 is 23.1 Å². The Morgan fingerprint density at radius 2 is 2.25 bits per heavy atom. The van der Waals surface area contributed by atoms with Gasteiger partial charge >= 0.3 is 0 Å². The van der Waals surface area contributed by atoms with E-state index in [1.165, 1.54) is 16.6 Å². The van der Waals surface area contributed by atoms with Crippen LogP contribution in [-0.4, -0.2) is 26.8 Å². The molecule has 2 aromatic heterocycles. The summed E-state index contributed by atoms with van der Waals surface area (Å²) >= 11 is 2.87. The molecule has 1 aliphatic carbocycles. The number of anilines is 1. The molecule has 150 valence electrons. The van der Waals surface area contributed by atoms with Gasteiger partial charge in [0, 0.05) is 11.3 Å². The van der Waals surface area contributed by atoms with Crippen molar-refractivity contribution in [2.75, 3.05) is 11.1 Å². The van der Waals surface area contributed by atoms with Crippen LogP contribution in [-0.2, 0) is 24.1 Å². The maximum atomic E-state index is 12.4. The molecule has 6 nitrogen and oxygen atoms in total. The van der Waals surface area contributed by atoms with Crippen LogP contribution in [0.1, 0.15) is 62.4 Å². The van der Waals surface area contributed by atoms with E-state index in [0.717, 1.165) is 43.5 Å². The van der Waals surface area contributed by atoms with Crippen molar-refractivity contribution in [1.29, 1.82) is 5.26 Å². The van der Waals surface area contributed by atoms with Crippen LogP contribution < -0.4 is 5.32 Å². The Kier molecular flexibility index (Phi) is 6.46. The van der Waals surface area contributed by atoms with Gasteiger partial charge in [-0.2, -0.15) is 5.26 Å². The molecule has 0 unspecified atom stereocenters. The van der Waals surface area contributed by atoms with E-state index >= 15 is 0 Å². The van der Waals surface area contributed by atoms with Gasteiger partial charge in [0.15, 0.2) is 0 Å². The van der Waals surface area contributed by atoms with E-state index < -0.39 is 0 Å². The third-order valence-corrected chi connectivity index (χ3v) is 7.84. The largest absolute Gasteiger partial charge is 0.316 e. The molecule has 8 heteroatoms. The van der Waals surface area contributed by atoms with E-state index in [2.05, 4.69) is 47.3 Å². The van der Waals surface area contributed by atoms with Crippen LogP contribution in [0.4, 0.5) is 5.00 Å². The predicted molar refractivity (Wildman–Crippen MR) is 114 cm³/mol. The topological polar surface area (TPSA) is 94.5 Å². The second kappa shape index (κ2) is 8.66. The summed E-state index contributed by atoms with van der Waals surface area (Å²) < 4.78 is 0. The minimum absolute atomic E-state index is 0.131. The first kappa shape index (κ1) is 20.9. The van der Waals surface area contributed by atoms with Crippen LogP contribution in [0.5, 0.6) is 0 Å². The Balaban J connectivity index is 1.68. The molecule has 0 spiro atoms. The number of thioether (sulfide) groups is 1. The number of hydrogen-bond donors (Lipinski definition) is 2. The number of nitrogens with one attached hydrogen (secondary N) is 2. The van der Waals surface area contributed by atoms with Gasteiger partial charge in [0.05, 0.1) is 11.3 Å². The van der Waals surface area contributed by atoms with Crippen LogP contribution in [0.2, 0.25) is 0 Å². The summed E-state index contributed by atoms with van der Waals surface area (Å²) in [5.74, 6) is 1.52. The quantitative estimate of drug-likeness (QED) is 0.643. The van der Waals surface area contributed by atoms with Gasteiger partial charge in [0.1, 0.15) is 16.9 Å². The Morgan fingerprint density at radius 1 is 1.46 bits per heavy atom. The normalized spacial score (nSPS) is 16.5. The van der Waals surface area contributed by atoms with E-state index in [0.29, 0.717) is 27.1 Å². The number of carbonyl (C=O) groups is 1. The zero-order valence-corrected chi connectivity index (χ0v) is 18.5. The molecular weight excluding hydrogens is 390 g/mol. The summed E-state index contributed by atoms with van der Waals surface area (Å²) in [7, 11) is 0. The van der Waals surface area contributed by atoms with E-state index in [-0.39, 0.29) is 11.7 Å². The second-order valence-corrected chi connectivity index (χ2v) is 9.90. The third-order valence-electron chi connectivity index (χ3n) is 5.82. The number of nitrogens with zero attached hydrogens (tertiary/aromatic N) is 3. The molecule has 1 amide bonds. The fraction of sp³-hybridized carbons (Fsp3) is 0.600. The van der Waals surface area contributed by atoms with Crippen molar-refractivity contribution in [2.24, 2.45) is 11.3 Å². The van der Waals surface area contributed by atoms with Crippen LogP contribution in [0, 0.1) is 22.7 Å².